The Morgan fingerprint density at radius 2 is 1.25 bits per heavy atom. The Kier molecular flexibility index (Phi) is 20.5. The molecule has 20 valence electrons. The van der Waals surface area contributed by atoms with Crippen LogP contribution in [0.2, 0.25) is 9.74 Å². The van der Waals surface area contributed by atoms with Gasteiger partial charge in [-0.05, 0) is 0 Å². The van der Waals surface area contributed by atoms with Crippen molar-refractivity contribution < 1.29 is 0 Å². The summed E-state index contributed by atoms with van der Waals surface area (Å²) in [7, 11) is 0. The van der Waals surface area contributed by atoms with E-state index in [2.05, 4.69) is 9.74 Å². The Hall–Kier alpha value is 1.82. The summed E-state index contributed by atoms with van der Waals surface area (Å²) in [6.45, 7) is 0. The largest absolute Gasteiger partial charge is 0 e. The van der Waals surface area contributed by atoms with E-state index < -0.39 is 0 Å². The molecule has 0 N–H and O–H groups in total. The van der Waals surface area contributed by atoms with Crippen LogP contribution in [0, 0.1) is 0 Å². The van der Waals surface area contributed by atoms with Crippen LogP contribution in [0.3, 0.4) is 0 Å². The van der Waals surface area contributed by atoms with Crippen LogP contribution in [0.5, 0.6) is 0 Å². The molecule has 0 aliphatic carbocycles. The van der Waals surface area contributed by atoms with Gasteiger partial charge in [0.1, 0.15) is 0 Å². The molecule has 0 aromatic heterocycles. The molecule has 0 heterocycles. The van der Waals surface area contributed by atoms with Gasteiger partial charge in [0, 0.05) is 29.6 Å². The molecule has 2 radical (unpaired) electrons. The van der Waals surface area contributed by atoms with Crippen molar-refractivity contribution >= 4 is 51.2 Å². The van der Waals surface area contributed by atoms with Gasteiger partial charge in [0.15, 0.2) is 0 Å². The van der Waals surface area contributed by atoms with Crippen molar-refractivity contribution in [3.8, 4) is 0 Å². The molecule has 0 rings (SSSR count). The molecule has 0 spiro atoms. The van der Waals surface area contributed by atoms with E-state index >= 15 is 0 Å². The van der Waals surface area contributed by atoms with Gasteiger partial charge in [-0.25, -0.2) is 0 Å². The van der Waals surface area contributed by atoms with E-state index in [1.807, 2.05) is 0 Å². The molecule has 0 aliphatic rings. The zero-order valence-corrected chi connectivity index (χ0v) is 8.00. The maximum absolute atomic E-state index is 2.28. The van der Waals surface area contributed by atoms with Crippen molar-refractivity contribution in [3.63, 3.8) is 0 Å². The third-order valence-electron chi connectivity index (χ3n) is 0. The Bertz CT molecular complexity index is 6.00. The SMILES string of the molecule is [CH3][Sb][CH3].[Na]. The maximum atomic E-state index is 2.28. The van der Waals surface area contributed by atoms with Crippen LogP contribution >= 0.6 is 0 Å². The van der Waals surface area contributed by atoms with Crippen LogP contribution < -0.4 is 0 Å². The van der Waals surface area contributed by atoms with E-state index in [1.165, 1.54) is 0 Å². The standard InChI is InChI=1S/2CH3.Na.Sb/h2*1H3;;. The number of hydrogen-bond acceptors (Lipinski definition) is 0. The summed E-state index contributed by atoms with van der Waals surface area (Å²) in [5.74, 6) is 0. The van der Waals surface area contributed by atoms with Crippen LogP contribution in [0.1, 0.15) is 0 Å². The van der Waals surface area contributed by atoms with Crippen molar-refractivity contribution in [1.29, 1.82) is 0 Å². The van der Waals surface area contributed by atoms with Crippen LogP contribution in [-0.2, 0) is 0 Å². The molecule has 4 heavy (non-hydrogen) atoms. The Morgan fingerprint density at radius 1 is 1.25 bits per heavy atom. The molecule has 0 amide bonds. The molecular weight excluding hydrogens is 169 g/mol. The van der Waals surface area contributed by atoms with Gasteiger partial charge in [-0.2, -0.15) is 0 Å². The first kappa shape index (κ1) is 9.26. The minimum absolute atomic E-state index is 0. The Labute approximate surface area is 60.2 Å². The van der Waals surface area contributed by atoms with Crippen molar-refractivity contribution in [2.45, 2.75) is 9.74 Å². The topological polar surface area (TPSA) is 0 Å². The van der Waals surface area contributed by atoms with Crippen LogP contribution in [-0.4, -0.2) is 51.2 Å². The summed E-state index contributed by atoms with van der Waals surface area (Å²) >= 11 is 0.350. The van der Waals surface area contributed by atoms with Gasteiger partial charge >= 0.3 is 31.4 Å². The average molecular weight is 175 g/mol. The second kappa shape index (κ2) is 8.84. The van der Waals surface area contributed by atoms with Crippen molar-refractivity contribution in [2.75, 3.05) is 0 Å². The Morgan fingerprint density at radius 3 is 1.25 bits per heavy atom. The van der Waals surface area contributed by atoms with E-state index in [0.717, 1.165) is 0 Å². The molecule has 0 fully saturated rings. The first-order valence-corrected chi connectivity index (χ1v) is 6.00. The molecule has 0 aliphatic heterocycles. The smallest absolute Gasteiger partial charge is 0 e. The van der Waals surface area contributed by atoms with Gasteiger partial charge in [0.25, 0.3) is 0 Å². The van der Waals surface area contributed by atoms with Crippen molar-refractivity contribution in [1.82, 2.24) is 0 Å². The van der Waals surface area contributed by atoms with Crippen LogP contribution in [0.4, 0.5) is 0 Å². The first-order valence-electron chi connectivity index (χ1n) is 0.894. The quantitative estimate of drug-likeness (QED) is 0.467. The second-order valence-corrected chi connectivity index (χ2v) is 3.00. The average Bonchev–Trinajstić information content (AvgIpc) is 0.918. The fraction of sp³-hybridized carbons (Fsp3) is 1.00. The zero-order chi connectivity index (χ0) is 2.71. The molecular formula is C2H6NaSb. The summed E-state index contributed by atoms with van der Waals surface area (Å²) in [5, 5.41) is 0. The molecule has 0 aromatic carbocycles. The predicted octanol–water partition coefficient (Wildman–Crippen LogP) is 0.406. The van der Waals surface area contributed by atoms with E-state index in [0.29, 0.717) is 21.6 Å². The minimum atomic E-state index is 0. The molecule has 0 bridgehead atoms. The van der Waals surface area contributed by atoms with Crippen molar-refractivity contribution in [3.05, 3.63) is 0 Å². The molecule has 2 heteroatoms. The molecule has 0 atom stereocenters. The molecule has 0 saturated carbocycles. The third kappa shape index (κ3) is 9.17. The van der Waals surface area contributed by atoms with Crippen LogP contribution in [0.15, 0.2) is 0 Å². The molecule has 0 aromatic rings. The molecule has 0 saturated heterocycles. The number of hydrogen-bond donors (Lipinski definition) is 0. The third-order valence-corrected chi connectivity index (χ3v) is 0. The summed E-state index contributed by atoms with van der Waals surface area (Å²) in [4.78, 5) is 4.55. The van der Waals surface area contributed by atoms with E-state index in [-0.39, 0.29) is 29.6 Å². The van der Waals surface area contributed by atoms with Gasteiger partial charge in [0.05, 0.1) is 0 Å². The summed E-state index contributed by atoms with van der Waals surface area (Å²) in [6.07, 6.45) is 0. The monoisotopic (exact) mass is 174 g/mol. The predicted molar refractivity (Wildman–Crippen MR) is 23.2 cm³/mol. The summed E-state index contributed by atoms with van der Waals surface area (Å²) in [6, 6.07) is 0. The zero-order valence-electron chi connectivity index (χ0n) is 3.45. The van der Waals surface area contributed by atoms with Crippen LogP contribution in [0.25, 0.3) is 0 Å². The summed E-state index contributed by atoms with van der Waals surface area (Å²) in [5.41, 5.74) is 0. The van der Waals surface area contributed by atoms with E-state index in [9.17, 15) is 0 Å². The number of rotatable bonds is 0. The normalized spacial score (nSPS) is 4.50. The Balaban J connectivity index is 0. The van der Waals surface area contributed by atoms with E-state index in [4.69, 9.17) is 0 Å². The van der Waals surface area contributed by atoms with Crippen molar-refractivity contribution in [2.24, 2.45) is 0 Å². The first-order chi connectivity index (χ1) is 1.41. The molecule has 0 nitrogen and oxygen atoms in total. The van der Waals surface area contributed by atoms with Gasteiger partial charge in [-0.15, -0.1) is 0 Å². The maximum Gasteiger partial charge on any atom is 0 e. The van der Waals surface area contributed by atoms with E-state index in [1.54, 1.807) is 0 Å². The second-order valence-electron chi connectivity index (χ2n) is 0.447. The van der Waals surface area contributed by atoms with Gasteiger partial charge in [0.2, 0.25) is 0 Å². The summed E-state index contributed by atoms with van der Waals surface area (Å²) < 4.78 is 0. The van der Waals surface area contributed by atoms with Gasteiger partial charge in [-0.1, -0.05) is 0 Å². The van der Waals surface area contributed by atoms with Gasteiger partial charge < -0.3 is 0 Å². The fourth-order valence-corrected chi connectivity index (χ4v) is 0. The molecule has 0 unspecified atom stereocenters. The minimum Gasteiger partial charge on any atom is 0 e. The van der Waals surface area contributed by atoms with Gasteiger partial charge in [-0.3, -0.25) is 0 Å². The fourth-order valence-electron chi connectivity index (χ4n) is 0.